The molecule has 0 spiro atoms. The lowest BCUT2D eigenvalue weighted by atomic mass is 10.3. The maximum Gasteiger partial charge on any atom is 0.313 e. The van der Waals surface area contributed by atoms with Crippen LogP contribution in [0.1, 0.15) is 6.92 Å². The van der Waals surface area contributed by atoms with Gasteiger partial charge in [0.25, 0.3) is 0 Å². The highest BCUT2D eigenvalue weighted by Gasteiger charge is 2.12. The van der Waals surface area contributed by atoms with Crippen molar-refractivity contribution in [2.75, 3.05) is 24.7 Å². The van der Waals surface area contributed by atoms with Crippen LogP contribution >= 0.6 is 11.8 Å². The van der Waals surface area contributed by atoms with Crippen molar-refractivity contribution in [1.82, 2.24) is 10.6 Å². The van der Waals surface area contributed by atoms with Gasteiger partial charge in [-0.3, -0.25) is 14.4 Å². The first-order chi connectivity index (χ1) is 9.52. The van der Waals surface area contributed by atoms with Gasteiger partial charge in [0.2, 0.25) is 5.91 Å². The van der Waals surface area contributed by atoms with E-state index < -0.39 is 11.8 Å². The molecule has 0 heterocycles. The molecule has 3 N–H and O–H groups in total. The largest absolute Gasteiger partial charge is 0.355 e. The van der Waals surface area contributed by atoms with Gasteiger partial charge in [-0.15, -0.1) is 11.8 Å². The van der Waals surface area contributed by atoms with E-state index in [1.807, 2.05) is 12.3 Å². The highest BCUT2D eigenvalue weighted by molar-refractivity contribution is 7.98. The van der Waals surface area contributed by atoms with Gasteiger partial charge in [0.15, 0.2) is 0 Å². The standard InChI is InChI=1S/C13H17N3O3S/c1-9(17)14-6-7-15-12(18)13(19)16-10-4-3-5-11(8-10)20-2/h3-5,8H,6-7H2,1-2H3,(H,14,17)(H,15,18)(H,16,19). The first-order valence-electron chi connectivity index (χ1n) is 6.00. The second-order valence-corrected chi connectivity index (χ2v) is 4.80. The number of hydrogen-bond acceptors (Lipinski definition) is 4. The fourth-order valence-electron chi connectivity index (χ4n) is 1.38. The third-order valence-corrected chi connectivity index (χ3v) is 3.04. The molecule has 0 bridgehead atoms. The van der Waals surface area contributed by atoms with Crippen molar-refractivity contribution >= 4 is 35.2 Å². The molecule has 0 aliphatic carbocycles. The fraction of sp³-hybridized carbons (Fsp3) is 0.308. The Balaban J connectivity index is 2.41. The van der Waals surface area contributed by atoms with Crippen LogP contribution < -0.4 is 16.0 Å². The van der Waals surface area contributed by atoms with E-state index in [-0.39, 0.29) is 19.0 Å². The predicted molar refractivity (Wildman–Crippen MR) is 78.5 cm³/mol. The van der Waals surface area contributed by atoms with Crippen LogP contribution in [-0.2, 0) is 14.4 Å². The lowest BCUT2D eigenvalue weighted by Gasteiger charge is -2.07. The maximum atomic E-state index is 11.6. The van der Waals surface area contributed by atoms with E-state index in [0.717, 1.165) is 4.90 Å². The lowest BCUT2D eigenvalue weighted by Crippen LogP contribution is -2.39. The molecule has 1 aromatic carbocycles. The Morgan fingerprint density at radius 2 is 1.80 bits per heavy atom. The summed E-state index contributed by atoms with van der Waals surface area (Å²) in [6.45, 7) is 1.88. The SMILES string of the molecule is CSc1cccc(NC(=O)C(=O)NCCNC(C)=O)c1. The highest BCUT2D eigenvalue weighted by atomic mass is 32.2. The Labute approximate surface area is 121 Å². The summed E-state index contributed by atoms with van der Waals surface area (Å²) in [6.07, 6.45) is 1.93. The molecule has 6 nitrogen and oxygen atoms in total. The summed E-state index contributed by atoms with van der Waals surface area (Å²) in [6, 6.07) is 7.21. The first kappa shape index (κ1) is 16.0. The van der Waals surface area contributed by atoms with Gasteiger partial charge < -0.3 is 16.0 Å². The van der Waals surface area contributed by atoms with Crippen molar-refractivity contribution in [3.05, 3.63) is 24.3 Å². The second-order valence-electron chi connectivity index (χ2n) is 3.92. The van der Waals surface area contributed by atoms with E-state index in [4.69, 9.17) is 0 Å². The number of thioether (sulfide) groups is 1. The molecule has 0 radical (unpaired) electrons. The van der Waals surface area contributed by atoms with Crippen molar-refractivity contribution in [2.45, 2.75) is 11.8 Å². The number of amides is 3. The summed E-state index contributed by atoms with van der Waals surface area (Å²) in [4.78, 5) is 34.7. The minimum atomic E-state index is -0.732. The zero-order chi connectivity index (χ0) is 15.0. The van der Waals surface area contributed by atoms with E-state index in [1.165, 1.54) is 6.92 Å². The van der Waals surface area contributed by atoms with Gasteiger partial charge in [0, 0.05) is 30.6 Å². The van der Waals surface area contributed by atoms with Crippen molar-refractivity contribution < 1.29 is 14.4 Å². The summed E-state index contributed by atoms with van der Waals surface area (Å²) < 4.78 is 0. The number of carbonyl (C=O) groups excluding carboxylic acids is 3. The van der Waals surface area contributed by atoms with Gasteiger partial charge in [-0.25, -0.2) is 0 Å². The molecule has 0 aliphatic heterocycles. The monoisotopic (exact) mass is 295 g/mol. The normalized spacial score (nSPS) is 9.70. The predicted octanol–water partition coefficient (Wildman–Crippen LogP) is 0.599. The lowest BCUT2D eigenvalue weighted by molar-refractivity contribution is -0.136. The van der Waals surface area contributed by atoms with Gasteiger partial charge in [0.1, 0.15) is 0 Å². The molecular weight excluding hydrogens is 278 g/mol. The summed E-state index contributed by atoms with van der Waals surface area (Å²) >= 11 is 1.55. The van der Waals surface area contributed by atoms with E-state index >= 15 is 0 Å². The number of anilines is 1. The van der Waals surface area contributed by atoms with Gasteiger partial charge in [-0.1, -0.05) is 6.07 Å². The van der Waals surface area contributed by atoms with Crippen LogP contribution in [-0.4, -0.2) is 37.1 Å². The maximum absolute atomic E-state index is 11.6. The first-order valence-corrected chi connectivity index (χ1v) is 7.23. The van der Waals surface area contributed by atoms with Gasteiger partial charge in [-0.05, 0) is 24.5 Å². The molecule has 7 heteroatoms. The van der Waals surface area contributed by atoms with Crippen LogP contribution in [0, 0.1) is 0 Å². The molecular formula is C13H17N3O3S. The average Bonchev–Trinajstić information content (AvgIpc) is 2.43. The molecule has 1 rings (SSSR count). The number of rotatable bonds is 5. The molecule has 0 aromatic heterocycles. The highest BCUT2D eigenvalue weighted by Crippen LogP contribution is 2.18. The van der Waals surface area contributed by atoms with E-state index in [1.54, 1.807) is 30.0 Å². The molecule has 0 unspecified atom stereocenters. The van der Waals surface area contributed by atoms with Crippen LogP contribution in [0.5, 0.6) is 0 Å². The van der Waals surface area contributed by atoms with Crippen molar-refractivity contribution in [3.8, 4) is 0 Å². The molecule has 0 fully saturated rings. The van der Waals surface area contributed by atoms with Crippen LogP contribution in [0.2, 0.25) is 0 Å². The van der Waals surface area contributed by atoms with Crippen molar-refractivity contribution in [2.24, 2.45) is 0 Å². The summed E-state index contributed by atoms with van der Waals surface area (Å²) in [7, 11) is 0. The van der Waals surface area contributed by atoms with Crippen molar-refractivity contribution in [1.29, 1.82) is 0 Å². The minimum absolute atomic E-state index is 0.183. The molecule has 3 amide bonds. The zero-order valence-electron chi connectivity index (χ0n) is 11.4. The average molecular weight is 295 g/mol. The van der Waals surface area contributed by atoms with Crippen LogP contribution in [0.15, 0.2) is 29.2 Å². The molecule has 0 atom stereocenters. The quantitative estimate of drug-likeness (QED) is 0.422. The molecule has 20 heavy (non-hydrogen) atoms. The third-order valence-electron chi connectivity index (χ3n) is 2.32. The molecule has 0 saturated carbocycles. The Bertz CT molecular complexity index is 505. The van der Waals surface area contributed by atoms with Crippen LogP contribution in [0.3, 0.4) is 0 Å². The molecule has 0 saturated heterocycles. The number of benzene rings is 1. The second kappa shape index (κ2) is 8.21. The zero-order valence-corrected chi connectivity index (χ0v) is 12.2. The van der Waals surface area contributed by atoms with Crippen LogP contribution in [0.4, 0.5) is 5.69 Å². The number of carbonyl (C=O) groups is 3. The summed E-state index contributed by atoms with van der Waals surface area (Å²) in [5.74, 6) is -1.64. The van der Waals surface area contributed by atoms with Gasteiger partial charge in [-0.2, -0.15) is 0 Å². The van der Waals surface area contributed by atoms with E-state index in [2.05, 4.69) is 16.0 Å². The van der Waals surface area contributed by atoms with Crippen molar-refractivity contribution in [3.63, 3.8) is 0 Å². The van der Waals surface area contributed by atoms with Crippen LogP contribution in [0.25, 0.3) is 0 Å². The topological polar surface area (TPSA) is 87.3 Å². The third kappa shape index (κ3) is 5.75. The number of hydrogen-bond donors (Lipinski definition) is 3. The Hall–Kier alpha value is -2.02. The number of nitrogens with one attached hydrogen (secondary N) is 3. The summed E-state index contributed by atoms with van der Waals surface area (Å²) in [5, 5.41) is 7.45. The molecule has 1 aromatic rings. The van der Waals surface area contributed by atoms with Gasteiger partial charge >= 0.3 is 11.8 Å². The van der Waals surface area contributed by atoms with E-state index in [0.29, 0.717) is 5.69 Å². The molecule has 108 valence electrons. The fourth-order valence-corrected chi connectivity index (χ4v) is 1.84. The smallest absolute Gasteiger partial charge is 0.313 e. The molecule has 0 aliphatic rings. The minimum Gasteiger partial charge on any atom is -0.355 e. The summed E-state index contributed by atoms with van der Waals surface area (Å²) in [5.41, 5.74) is 0.568. The Morgan fingerprint density at radius 3 is 2.45 bits per heavy atom. The van der Waals surface area contributed by atoms with Gasteiger partial charge in [0.05, 0.1) is 0 Å². The Kier molecular flexibility index (Phi) is 6.58. The van der Waals surface area contributed by atoms with E-state index in [9.17, 15) is 14.4 Å². The Morgan fingerprint density at radius 1 is 1.10 bits per heavy atom.